The molecule has 3 aromatic rings. The topological polar surface area (TPSA) is 96.0 Å². The van der Waals surface area contributed by atoms with E-state index in [1.165, 1.54) is 25.6 Å². The fraction of sp³-hybridized carbons (Fsp3) is 0.261. The third kappa shape index (κ3) is 5.98. The minimum absolute atomic E-state index is 0.0386. The van der Waals surface area contributed by atoms with Gasteiger partial charge in [-0.05, 0) is 31.2 Å². The molecule has 0 radical (unpaired) electrons. The molecule has 0 spiro atoms. The van der Waals surface area contributed by atoms with Gasteiger partial charge in [0.15, 0.2) is 6.61 Å². The second-order valence-corrected chi connectivity index (χ2v) is 7.38. The predicted molar refractivity (Wildman–Crippen MR) is 122 cm³/mol. The Morgan fingerprint density at radius 3 is 2.62 bits per heavy atom. The van der Waals surface area contributed by atoms with E-state index in [0.29, 0.717) is 29.5 Å². The Morgan fingerprint density at radius 1 is 1.06 bits per heavy atom. The number of rotatable bonds is 10. The molecule has 0 saturated heterocycles. The van der Waals surface area contributed by atoms with E-state index in [1.807, 2.05) is 31.2 Å². The molecule has 0 aliphatic carbocycles. The largest absolute Gasteiger partial charge is 0.497 e. The summed E-state index contributed by atoms with van der Waals surface area (Å²) in [6.45, 7) is 2.04. The molecule has 1 amide bonds. The lowest BCUT2D eigenvalue weighted by molar-refractivity contribution is -0.146. The fourth-order valence-electron chi connectivity index (χ4n) is 2.88. The minimum Gasteiger partial charge on any atom is -0.497 e. The summed E-state index contributed by atoms with van der Waals surface area (Å²) in [6.07, 6.45) is -0.0386. The lowest BCUT2D eigenvalue weighted by Gasteiger charge is -2.11. The average molecular weight is 457 g/mol. The van der Waals surface area contributed by atoms with Crippen molar-refractivity contribution in [2.24, 2.45) is 0 Å². The Hall–Kier alpha value is -3.59. The molecule has 9 heteroatoms. The number of benzene rings is 2. The van der Waals surface area contributed by atoms with Gasteiger partial charge in [0.05, 0.1) is 44.2 Å². The Balaban J connectivity index is 1.55. The number of esters is 1. The normalized spacial score (nSPS) is 10.3. The smallest absolute Gasteiger partial charge is 0.312 e. The molecule has 0 unspecified atom stereocenters. The van der Waals surface area contributed by atoms with Crippen LogP contribution in [0.5, 0.6) is 17.2 Å². The van der Waals surface area contributed by atoms with Crippen molar-refractivity contribution in [1.29, 1.82) is 0 Å². The van der Waals surface area contributed by atoms with Gasteiger partial charge in [-0.25, -0.2) is 4.98 Å². The molecule has 0 aliphatic heterocycles. The molecule has 0 fully saturated rings. The number of carbonyl (C=O) groups excluding carboxylic acids is 2. The number of carbonyl (C=O) groups is 2. The lowest BCUT2D eigenvalue weighted by Crippen LogP contribution is -2.22. The first-order valence-corrected chi connectivity index (χ1v) is 10.8. The summed E-state index contributed by atoms with van der Waals surface area (Å²) < 4.78 is 21.1. The first-order valence-electron chi connectivity index (χ1n) is 9.88. The summed E-state index contributed by atoms with van der Waals surface area (Å²) in [5, 5.41) is 5.19. The number of anilines is 1. The summed E-state index contributed by atoms with van der Waals surface area (Å²) in [4.78, 5) is 28.9. The monoisotopic (exact) mass is 456 g/mol. The van der Waals surface area contributed by atoms with Gasteiger partial charge in [-0.2, -0.15) is 0 Å². The maximum Gasteiger partial charge on any atom is 0.312 e. The molecule has 32 heavy (non-hydrogen) atoms. The second kappa shape index (κ2) is 11.1. The highest BCUT2D eigenvalue weighted by molar-refractivity contribution is 7.13. The molecule has 0 atom stereocenters. The van der Waals surface area contributed by atoms with Crippen LogP contribution in [0, 0.1) is 0 Å². The molecule has 0 aliphatic rings. The predicted octanol–water partition coefficient (Wildman–Crippen LogP) is 3.95. The fourth-order valence-corrected chi connectivity index (χ4v) is 3.73. The van der Waals surface area contributed by atoms with Gasteiger partial charge in [0, 0.05) is 11.4 Å². The lowest BCUT2D eigenvalue weighted by atomic mass is 10.2. The average Bonchev–Trinajstić information content (AvgIpc) is 3.26. The number of thiazole rings is 1. The maximum absolute atomic E-state index is 12.2. The molecule has 1 aromatic heterocycles. The van der Waals surface area contributed by atoms with E-state index in [4.69, 9.17) is 18.9 Å². The zero-order valence-electron chi connectivity index (χ0n) is 18.0. The quantitative estimate of drug-likeness (QED) is 0.462. The van der Waals surface area contributed by atoms with Gasteiger partial charge in [-0.3, -0.25) is 9.59 Å². The molecular weight excluding hydrogens is 432 g/mol. The van der Waals surface area contributed by atoms with Crippen molar-refractivity contribution in [2.45, 2.75) is 13.3 Å². The van der Waals surface area contributed by atoms with Crippen LogP contribution in [0.1, 0.15) is 12.6 Å². The highest BCUT2D eigenvalue weighted by atomic mass is 32.1. The van der Waals surface area contributed by atoms with Crippen molar-refractivity contribution in [1.82, 2.24) is 4.98 Å². The van der Waals surface area contributed by atoms with Crippen LogP contribution >= 0.6 is 11.3 Å². The van der Waals surface area contributed by atoms with Gasteiger partial charge in [0.1, 0.15) is 22.3 Å². The van der Waals surface area contributed by atoms with Crippen LogP contribution in [0.15, 0.2) is 47.8 Å². The molecule has 2 aromatic carbocycles. The van der Waals surface area contributed by atoms with E-state index in [2.05, 4.69) is 10.3 Å². The Morgan fingerprint density at radius 2 is 1.88 bits per heavy atom. The Labute approximate surface area is 190 Å². The van der Waals surface area contributed by atoms with E-state index in [-0.39, 0.29) is 6.42 Å². The molecule has 3 rings (SSSR count). The maximum atomic E-state index is 12.2. The van der Waals surface area contributed by atoms with Crippen LogP contribution in [0.25, 0.3) is 10.6 Å². The number of nitrogens with zero attached hydrogens (tertiary/aromatic N) is 1. The standard InChI is InChI=1S/C23H24N2O6S/c1-4-30-19-8-6-5-7-17(19)23-24-15(14-32-23)11-22(27)31-13-21(26)25-18-12-16(28-2)9-10-20(18)29-3/h5-10,12,14H,4,11,13H2,1-3H3,(H,25,26). The number of hydrogen-bond acceptors (Lipinski definition) is 8. The summed E-state index contributed by atoms with van der Waals surface area (Å²) in [5.74, 6) is 0.724. The van der Waals surface area contributed by atoms with Crippen molar-refractivity contribution in [2.75, 3.05) is 32.8 Å². The Kier molecular flexibility index (Phi) is 8.04. The zero-order chi connectivity index (χ0) is 22.9. The molecule has 1 N–H and O–H groups in total. The van der Waals surface area contributed by atoms with Crippen LogP contribution < -0.4 is 19.5 Å². The van der Waals surface area contributed by atoms with E-state index < -0.39 is 18.5 Å². The second-order valence-electron chi connectivity index (χ2n) is 6.53. The zero-order valence-corrected chi connectivity index (χ0v) is 18.9. The van der Waals surface area contributed by atoms with Gasteiger partial charge in [0.25, 0.3) is 5.91 Å². The number of ether oxygens (including phenoxy) is 4. The minimum atomic E-state index is -0.548. The van der Waals surface area contributed by atoms with Crippen molar-refractivity contribution in [3.05, 3.63) is 53.5 Å². The first kappa shape index (κ1) is 23.1. The number of hydrogen-bond donors (Lipinski definition) is 1. The van der Waals surface area contributed by atoms with E-state index in [9.17, 15) is 9.59 Å². The number of amides is 1. The van der Waals surface area contributed by atoms with Gasteiger partial charge in [-0.15, -0.1) is 11.3 Å². The number of aromatic nitrogens is 1. The van der Waals surface area contributed by atoms with Crippen molar-refractivity contribution in [3.63, 3.8) is 0 Å². The summed E-state index contributed by atoms with van der Waals surface area (Å²) in [5.41, 5.74) is 1.85. The molecular formula is C23H24N2O6S. The first-order chi connectivity index (χ1) is 15.5. The summed E-state index contributed by atoms with van der Waals surface area (Å²) >= 11 is 1.41. The van der Waals surface area contributed by atoms with Crippen molar-refractivity contribution >= 4 is 28.9 Å². The van der Waals surface area contributed by atoms with Crippen molar-refractivity contribution < 1.29 is 28.5 Å². The molecule has 1 heterocycles. The van der Waals surface area contributed by atoms with E-state index in [1.54, 1.807) is 23.6 Å². The van der Waals surface area contributed by atoms with Crippen LogP contribution in [-0.2, 0) is 20.7 Å². The highest BCUT2D eigenvalue weighted by Gasteiger charge is 2.15. The third-order valence-electron chi connectivity index (χ3n) is 4.34. The van der Waals surface area contributed by atoms with Gasteiger partial charge < -0.3 is 24.3 Å². The summed E-state index contributed by atoms with van der Waals surface area (Å²) in [6, 6.07) is 12.6. The Bertz CT molecular complexity index is 1080. The van der Waals surface area contributed by atoms with Gasteiger partial charge in [-0.1, -0.05) is 12.1 Å². The number of para-hydroxylation sites is 1. The van der Waals surface area contributed by atoms with Crippen LogP contribution in [0.3, 0.4) is 0 Å². The van der Waals surface area contributed by atoms with E-state index in [0.717, 1.165) is 16.3 Å². The molecule has 0 bridgehead atoms. The molecule has 0 saturated carbocycles. The van der Waals surface area contributed by atoms with Gasteiger partial charge in [0.2, 0.25) is 0 Å². The third-order valence-corrected chi connectivity index (χ3v) is 5.26. The SMILES string of the molecule is CCOc1ccccc1-c1nc(CC(=O)OCC(=O)Nc2cc(OC)ccc2OC)cs1. The van der Waals surface area contributed by atoms with Crippen LogP contribution in [0.4, 0.5) is 5.69 Å². The van der Waals surface area contributed by atoms with E-state index >= 15 is 0 Å². The summed E-state index contributed by atoms with van der Waals surface area (Å²) in [7, 11) is 3.01. The van der Waals surface area contributed by atoms with Crippen LogP contribution in [0.2, 0.25) is 0 Å². The van der Waals surface area contributed by atoms with Crippen LogP contribution in [-0.4, -0.2) is 44.3 Å². The molecule has 168 valence electrons. The highest BCUT2D eigenvalue weighted by Crippen LogP contribution is 2.32. The molecule has 8 nitrogen and oxygen atoms in total. The number of nitrogens with one attached hydrogen (secondary N) is 1. The van der Waals surface area contributed by atoms with Gasteiger partial charge >= 0.3 is 5.97 Å². The number of methoxy groups -OCH3 is 2. The van der Waals surface area contributed by atoms with Crippen molar-refractivity contribution in [3.8, 4) is 27.8 Å².